The highest BCUT2D eigenvalue weighted by atomic mass is 35.5. The molecular weight excluding hydrogens is 155 g/mol. The molecule has 1 heterocycles. The highest BCUT2D eigenvalue weighted by Gasteiger charge is 1.98. The molecule has 0 fully saturated rings. The molecule has 1 rings (SSSR count). The van der Waals surface area contributed by atoms with Crippen molar-refractivity contribution >= 4 is 18.2 Å². The standard InChI is InChI=1S/C6H7FN2.ClH/c1-4-5(7)2-3-9-6(4)8;/h2-3H,1H3,(H2,8,9);1H. The minimum atomic E-state index is -0.303. The van der Waals surface area contributed by atoms with Gasteiger partial charge in [0.15, 0.2) is 0 Å². The van der Waals surface area contributed by atoms with Gasteiger partial charge in [0.2, 0.25) is 0 Å². The summed E-state index contributed by atoms with van der Waals surface area (Å²) in [7, 11) is 0. The Hall–Kier alpha value is -0.830. The number of nitrogens with zero attached hydrogens (tertiary/aromatic N) is 1. The first-order valence-corrected chi connectivity index (χ1v) is 2.58. The van der Waals surface area contributed by atoms with Crippen molar-refractivity contribution < 1.29 is 4.39 Å². The number of nitrogens with two attached hydrogens (primary N) is 1. The van der Waals surface area contributed by atoms with Crippen molar-refractivity contribution in [3.05, 3.63) is 23.6 Å². The SMILES string of the molecule is Cc1c(F)ccnc1N.Cl. The van der Waals surface area contributed by atoms with Crippen molar-refractivity contribution in [3.8, 4) is 0 Å². The molecular formula is C6H8ClFN2. The third-order valence-corrected chi connectivity index (χ3v) is 1.18. The molecule has 0 aliphatic rings. The summed E-state index contributed by atoms with van der Waals surface area (Å²) in [6.07, 6.45) is 1.34. The fourth-order valence-corrected chi connectivity index (χ4v) is 0.527. The van der Waals surface area contributed by atoms with Crippen molar-refractivity contribution in [1.29, 1.82) is 0 Å². The van der Waals surface area contributed by atoms with Gasteiger partial charge in [0.25, 0.3) is 0 Å². The van der Waals surface area contributed by atoms with E-state index in [9.17, 15) is 4.39 Å². The van der Waals surface area contributed by atoms with E-state index in [0.717, 1.165) is 0 Å². The second kappa shape index (κ2) is 3.37. The van der Waals surface area contributed by atoms with Gasteiger partial charge in [-0.15, -0.1) is 12.4 Å². The molecule has 0 aromatic carbocycles. The summed E-state index contributed by atoms with van der Waals surface area (Å²) in [6, 6.07) is 1.28. The topological polar surface area (TPSA) is 38.9 Å². The number of pyridine rings is 1. The van der Waals surface area contributed by atoms with Gasteiger partial charge in [0.05, 0.1) is 0 Å². The maximum absolute atomic E-state index is 12.5. The molecule has 0 radical (unpaired) electrons. The number of nitrogen functional groups attached to an aromatic ring is 1. The zero-order valence-corrected chi connectivity index (χ0v) is 6.28. The predicted octanol–water partition coefficient (Wildman–Crippen LogP) is 1.53. The molecule has 0 bridgehead atoms. The summed E-state index contributed by atoms with van der Waals surface area (Å²) in [5.74, 6) is -0.0440. The molecule has 10 heavy (non-hydrogen) atoms. The van der Waals surface area contributed by atoms with Gasteiger partial charge in [-0.1, -0.05) is 0 Å². The molecule has 2 nitrogen and oxygen atoms in total. The van der Waals surface area contributed by atoms with Gasteiger partial charge in [-0.2, -0.15) is 0 Å². The summed E-state index contributed by atoms with van der Waals surface area (Å²) >= 11 is 0. The average molecular weight is 163 g/mol. The van der Waals surface area contributed by atoms with Crippen molar-refractivity contribution in [2.24, 2.45) is 0 Å². The molecule has 56 valence electrons. The molecule has 0 atom stereocenters. The average Bonchev–Trinajstić information content (AvgIpc) is 1.83. The summed E-state index contributed by atoms with van der Waals surface area (Å²) in [6.45, 7) is 1.59. The predicted molar refractivity (Wildman–Crippen MR) is 40.6 cm³/mol. The molecule has 0 aliphatic carbocycles. The molecule has 1 aromatic rings. The Morgan fingerprint density at radius 3 is 2.60 bits per heavy atom. The first-order valence-electron chi connectivity index (χ1n) is 2.58. The lowest BCUT2D eigenvalue weighted by Gasteiger charge is -1.96. The maximum Gasteiger partial charge on any atom is 0.131 e. The zero-order valence-electron chi connectivity index (χ0n) is 5.47. The highest BCUT2D eigenvalue weighted by Crippen LogP contribution is 2.08. The minimum absolute atomic E-state index is 0. The maximum atomic E-state index is 12.5. The number of aromatic nitrogens is 1. The van der Waals surface area contributed by atoms with Crippen LogP contribution in [0.2, 0.25) is 0 Å². The normalized spacial score (nSPS) is 8.60. The second-order valence-electron chi connectivity index (χ2n) is 1.80. The van der Waals surface area contributed by atoms with Crippen LogP contribution < -0.4 is 5.73 Å². The summed E-state index contributed by atoms with van der Waals surface area (Å²) < 4.78 is 12.5. The Labute approximate surface area is 64.7 Å². The molecule has 0 saturated heterocycles. The van der Waals surface area contributed by atoms with E-state index >= 15 is 0 Å². The van der Waals surface area contributed by atoms with Crippen LogP contribution in [0.1, 0.15) is 5.56 Å². The molecule has 0 saturated carbocycles. The van der Waals surface area contributed by atoms with E-state index in [-0.39, 0.29) is 24.0 Å². The van der Waals surface area contributed by atoms with E-state index in [0.29, 0.717) is 5.56 Å². The van der Waals surface area contributed by atoms with E-state index in [1.54, 1.807) is 6.92 Å². The Morgan fingerprint density at radius 1 is 1.60 bits per heavy atom. The molecule has 1 aromatic heterocycles. The van der Waals surface area contributed by atoms with E-state index in [2.05, 4.69) is 4.98 Å². The Bertz CT molecular complexity index is 207. The van der Waals surface area contributed by atoms with Crippen molar-refractivity contribution in [3.63, 3.8) is 0 Å². The third kappa shape index (κ3) is 1.57. The van der Waals surface area contributed by atoms with Crippen LogP contribution in [-0.4, -0.2) is 4.98 Å². The fraction of sp³-hybridized carbons (Fsp3) is 0.167. The van der Waals surface area contributed by atoms with Crippen molar-refractivity contribution in [2.45, 2.75) is 6.92 Å². The van der Waals surface area contributed by atoms with Gasteiger partial charge >= 0.3 is 0 Å². The van der Waals surface area contributed by atoms with Crippen molar-refractivity contribution in [2.75, 3.05) is 5.73 Å². The molecule has 4 heteroatoms. The largest absolute Gasteiger partial charge is 0.383 e. The van der Waals surface area contributed by atoms with Crippen LogP contribution in [0.5, 0.6) is 0 Å². The fourth-order valence-electron chi connectivity index (χ4n) is 0.527. The third-order valence-electron chi connectivity index (χ3n) is 1.18. The zero-order chi connectivity index (χ0) is 6.85. The van der Waals surface area contributed by atoms with Crippen LogP contribution in [0.4, 0.5) is 10.2 Å². The number of halogens is 2. The number of rotatable bonds is 0. The molecule has 2 N–H and O–H groups in total. The smallest absolute Gasteiger partial charge is 0.131 e. The number of hydrogen-bond acceptors (Lipinski definition) is 2. The van der Waals surface area contributed by atoms with Crippen molar-refractivity contribution in [1.82, 2.24) is 4.98 Å². The van der Waals surface area contributed by atoms with Crippen LogP contribution in [0, 0.1) is 12.7 Å². The van der Waals surface area contributed by atoms with E-state index in [1.165, 1.54) is 12.3 Å². The highest BCUT2D eigenvalue weighted by molar-refractivity contribution is 5.85. The quantitative estimate of drug-likeness (QED) is 0.629. The minimum Gasteiger partial charge on any atom is -0.383 e. The van der Waals surface area contributed by atoms with Crippen LogP contribution in [-0.2, 0) is 0 Å². The monoisotopic (exact) mass is 162 g/mol. The Kier molecular flexibility index (Phi) is 3.09. The van der Waals surface area contributed by atoms with E-state index in [1.807, 2.05) is 0 Å². The van der Waals surface area contributed by atoms with Crippen LogP contribution in [0.25, 0.3) is 0 Å². The van der Waals surface area contributed by atoms with E-state index in [4.69, 9.17) is 5.73 Å². The summed E-state index contributed by atoms with van der Waals surface area (Å²) in [5.41, 5.74) is 5.68. The molecule has 0 spiro atoms. The van der Waals surface area contributed by atoms with E-state index < -0.39 is 0 Å². The van der Waals surface area contributed by atoms with Gasteiger partial charge < -0.3 is 5.73 Å². The van der Waals surface area contributed by atoms with Gasteiger partial charge in [-0.25, -0.2) is 9.37 Å². The first-order chi connectivity index (χ1) is 4.22. The van der Waals surface area contributed by atoms with Gasteiger partial charge in [0.1, 0.15) is 11.6 Å². The van der Waals surface area contributed by atoms with Gasteiger partial charge in [-0.05, 0) is 13.0 Å². The first kappa shape index (κ1) is 9.17. The Balaban J connectivity index is 0.000000810. The molecule has 0 aliphatic heterocycles. The number of anilines is 1. The van der Waals surface area contributed by atoms with Crippen LogP contribution in [0.15, 0.2) is 12.3 Å². The second-order valence-corrected chi connectivity index (χ2v) is 1.80. The molecule has 0 amide bonds. The summed E-state index contributed by atoms with van der Waals surface area (Å²) in [4.78, 5) is 3.68. The lowest BCUT2D eigenvalue weighted by molar-refractivity contribution is 0.617. The lowest BCUT2D eigenvalue weighted by atomic mass is 10.3. The number of hydrogen-bond donors (Lipinski definition) is 1. The lowest BCUT2D eigenvalue weighted by Crippen LogP contribution is -1.95. The summed E-state index contributed by atoms with van der Waals surface area (Å²) in [5, 5.41) is 0. The van der Waals surface area contributed by atoms with Crippen LogP contribution >= 0.6 is 12.4 Å². The van der Waals surface area contributed by atoms with Crippen LogP contribution in [0.3, 0.4) is 0 Å². The van der Waals surface area contributed by atoms with Gasteiger partial charge in [0, 0.05) is 11.8 Å². The Morgan fingerprint density at radius 2 is 2.20 bits per heavy atom. The van der Waals surface area contributed by atoms with Gasteiger partial charge in [-0.3, -0.25) is 0 Å². The molecule has 0 unspecified atom stereocenters.